The van der Waals surface area contributed by atoms with Gasteiger partial charge in [-0.05, 0) is 29.7 Å². The van der Waals surface area contributed by atoms with E-state index in [2.05, 4.69) is 54.7 Å². The molecule has 98 valence electrons. The third kappa shape index (κ3) is 2.96. The van der Waals surface area contributed by atoms with Crippen molar-refractivity contribution in [3.05, 3.63) is 64.7 Å². The SMILES string of the molecule is Cc1cccc(CNCc2ccc3c(c2)CCO3)c1. The Balaban J connectivity index is 1.58. The van der Waals surface area contributed by atoms with Crippen LogP contribution in [0.3, 0.4) is 0 Å². The van der Waals surface area contributed by atoms with Crippen LogP contribution < -0.4 is 10.1 Å². The molecular formula is C17H19NO. The third-order valence-corrected chi connectivity index (χ3v) is 3.49. The summed E-state index contributed by atoms with van der Waals surface area (Å²) in [4.78, 5) is 0. The molecule has 1 aliphatic heterocycles. The fourth-order valence-electron chi connectivity index (χ4n) is 2.52. The molecule has 2 aromatic rings. The van der Waals surface area contributed by atoms with Gasteiger partial charge >= 0.3 is 0 Å². The Morgan fingerprint density at radius 3 is 2.74 bits per heavy atom. The summed E-state index contributed by atoms with van der Waals surface area (Å²) in [6, 6.07) is 15.1. The minimum atomic E-state index is 0.829. The summed E-state index contributed by atoms with van der Waals surface area (Å²) in [7, 11) is 0. The monoisotopic (exact) mass is 253 g/mol. The molecule has 1 N–H and O–H groups in total. The molecule has 19 heavy (non-hydrogen) atoms. The highest BCUT2D eigenvalue weighted by molar-refractivity contribution is 5.39. The normalized spacial score (nSPS) is 13.1. The maximum absolute atomic E-state index is 5.52. The average molecular weight is 253 g/mol. The highest BCUT2D eigenvalue weighted by Gasteiger charge is 2.11. The predicted octanol–water partition coefficient (Wildman–Crippen LogP) is 3.22. The second-order valence-electron chi connectivity index (χ2n) is 5.13. The molecule has 0 saturated carbocycles. The molecule has 0 bridgehead atoms. The van der Waals surface area contributed by atoms with Crippen LogP contribution in [-0.2, 0) is 19.5 Å². The first-order chi connectivity index (χ1) is 9.31. The van der Waals surface area contributed by atoms with Crippen molar-refractivity contribution >= 4 is 0 Å². The molecule has 3 rings (SSSR count). The zero-order chi connectivity index (χ0) is 13.1. The number of hydrogen-bond acceptors (Lipinski definition) is 2. The summed E-state index contributed by atoms with van der Waals surface area (Å²) < 4.78 is 5.52. The maximum Gasteiger partial charge on any atom is 0.122 e. The van der Waals surface area contributed by atoms with Crippen LogP contribution in [0.2, 0.25) is 0 Å². The fraction of sp³-hybridized carbons (Fsp3) is 0.294. The molecule has 0 aromatic heterocycles. The molecule has 1 heterocycles. The number of hydrogen-bond donors (Lipinski definition) is 1. The largest absolute Gasteiger partial charge is 0.493 e. The summed E-state index contributed by atoms with van der Waals surface area (Å²) in [5.41, 5.74) is 5.32. The van der Waals surface area contributed by atoms with Crippen molar-refractivity contribution in [3.63, 3.8) is 0 Å². The van der Waals surface area contributed by atoms with Gasteiger partial charge in [-0.3, -0.25) is 0 Å². The van der Waals surface area contributed by atoms with Gasteiger partial charge in [-0.15, -0.1) is 0 Å². The summed E-state index contributed by atoms with van der Waals surface area (Å²) in [5.74, 6) is 1.06. The number of ether oxygens (including phenoxy) is 1. The molecule has 0 fully saturated rings. The third-order valence-electron chi connectivity index (χ3n) is 3.49. The van der Waals surface area contributed by atoms with Crippen LogP contribution in [0.5, 0.6) is 5.75 Å². The standard InChI is InChI=1S/C17H19NO/c1-13-3-2-4-14(9-13)11-18-12-15-5-6-17-16(10-15)7-8-19-17/h2-6,9-10,18H,7-8,11-12H2,1H3. The lowest BCUT2D eigenvalue weighted by Gasteiger charge is -2.07. The second-order valence-corrected chi connectivity index (χ2v) is 5.13. The first kappa shape index (κ1) is 12.2. The van der Waals surface area contributed by atoms with Crippen molar-refractivity contribution in [1.29, 1.82) is 0 Å². The molecule has 0 unspecified atom stereocenters. The smallest absolute Gasteiger partial charge is 0.122 e. The Bertz CT molecular complexity index is 577. The van der Waals surface area contributed by atoms with Crippen molar-refractivity contribution in [2.45, 2.75) is 26.4 Å². The molecule has 2 heteroatoms. The maximum atomic E-state index is 5.52. The Labute approximate surface area is 114 Å². The van der Waals surface area contributed by atoms with Gasteiger partial charge in [0.05, 0.1) is 6.61 Å². The van der Waals surface area contributed by atoms with Gasteiger partial charge in [0.25, 0.3) is 0 Å². The molecule has 0 radical (unpaired) electrons. The fourth-order valence-corrected chi connectivity index (χ4v) is 2.52. The van der Waals surface area contributed by atoms with Gasteiger partial charge < -0.3 is 10.1 Å². The van der Waals surface area contributed by atoms with E-state index in [1.54, 1.807) is 0 Å². The van der Waals surface area contributed by atoms with Crippen LogP contribution in [0.1, 0.15) is 22.3 Å². The van der Waals surface area contributed by atoms with Crippen LogP contribution in [0, 0.1) is 6.92 Å². The minimum Gasteiger partial charge on any atom is -0.493 e. The number of fused-ring (bicyclic) bond motifs is 1. The lowest BCUT2D eigenvalue weighted by atomic mass is 10.1. The quantitative estimate of drug-likeness (QED) is 0.903. The van der Waals surface area contributed by atoms with Crippen LogP contribution in [-0.4, -0.2) is 6.61 Å². The van der Waals surface area contributed by atoms with E-state index in [-0.39, 0.29) is 0 Å². The molecule has 0 atom stereocenters. The molecule has 1 aliphatic rings. The van der Waals surface area contributed by atoms with Crippen molar-refractivity contribution in [3.8, 4) is 5.75 Å². The highest BCUT2D eigenvalue weighted by Crippen LogP contribution is 2.25. The topological polar surface area (TPSA) is 21.3 Å². The van der Waals surface area contributed by atoms with E-state index in [0.29, 0.717) is 0 Å². The van der Waals surface area contributed by atoms with E-state index in [0.717, 1.165) is 31.9 Å². The van der Waals surface area contributed by atoms with Crippen molar-refractivity contribution in [1.82, 2.24) is 5.32 Å². The molecule has 2 nitrogen and oxygen atoms in total. The van der Waals surface area contributed by atoms with E-state index in [9.17, 15) is 0 Å². The van der Waals surface area contributed by atoms with E-state index in [1.165, 1.54) is 22.3 Å². The van der Waals surface area contributed by atoms with Gasteiger partial charge in [0.2, 0.25) is 0 Å². The van der Waals surface area contributed by atoms with E-state index in [4.69, 9.17) is 4.74 Å². The molecule has 0 amide bonds. The van der Waals surface area contributed by atoms with E-state index >= 15 is 0 Å². The van der Waals surface area contributed by atoms with Crippen molar-refractivity contribution in [2.75, 3.05) is 6.61 Å². The van der Waals surface area contributed by atoms with Gasteiger partial charge in [0.1, 0.15) is 5.75 Å². The molecular weight excluding hydrogens is 234 g/mol. The molecule has 0 saturated heterocycles. The van der Waals surface area contributed by atoms with Gasteiger partial charge in [0, 0.05) is 19.5 Å². The number of nitrogens with one attached hydrogen (secondary N) is 1. The summed E-state index contributed by atoms with van der Waals surface area (Å²) in [5, 5.41) is 3.50. The summed E-state index contributed by atoms with van der Waals surface area (Å²) in [6.07, 6.45) is 1.04. The Morgan fingerprint density at radius 2 is 1.89 bits per heavy atom. The first-order valence-corrected chi connectivity index (χ1v) is 6.82. The lowest BCUT2D eigenvalue weighted by molar-refractivity contribution is 0.357. The molecule has 2 aromatic carbocycles. The Hall–Kier alpha value is -1.80. The highest BCUT2D eigenvalue weighted by atomic mass is 16.5. The molecule has 0 spiro atoms. The summed E-state index contributed by atoms with van der Waals surface area (Å²) >= 11 is 0. The van der Waals surface area contributed by atoms with Crippen molar-refractivity contribution < 1.29 is 4.74 Å². The van der Waals surface area contributed by atoms with Crippen LogP contribution in [0.15, 0.2) is 42.5 Å². The van der Waals surface area contributed by atoms with E-state index < -0.39 is 0 Å². The van der Waals surface area contributed by atoms with E-state index in [1.807, 2.05) is 0 Å². The zero-order valence-corrected chi connectivity index (χ0v) is 11.3. The first-order valence-electron chi connectivity index (χ1n) is 6.82. The minimum absolute atomic E-state index is 0.829. The second kappa shape index (κ2) is 5.45. The van der Waals surface area contributed by atoms with Crippen LogP contribution in [0.25, 0.3) is 0 Å². The zero-order valence-electron chi connectivity index (χ0n) is 11.3. The predicted molar refractivity (Wildman–Crippen MR) is 77.4 cm³/mol. The number of aryl methyl sites for hydroxylation is 1. The van der Waals surface area contributed by atoms with Crippen molar-refractivity contribution in [2.24, 2.45) is 0 Å². The van der Waals surface area contributed by atoms with Gasteiger partial charge in [-0.25, -0.2) is 0 Å². The van der Waals surface area contributed by atoms with Crippen LogP contribution >= 0.6 is 0 Å². The van der Waals surface area contributed by atoms with Gasteiger partial charge in [-0.1, -0.05) is 42.0 Å². The van der Waals surface area contributed by atoms with Crippen LogP contribution in [0.4, 0.5) is 0 Å². The molecule has 0 aliphatic carbocycles. The van der Waals surface area contributed by atoms with Gasteiger partial charge in [0.15, 0.2) is 0 Å². The number of rotatable bonds is 4. The Morgan fingerprint density at radius 1 is 1.05 bits per heavy atom. The Kier molecular flexibility index (Phi) is 3.51. The average Bonchev–Trinajstić information content (AvgIpc) is 2.86. The lowest BCUT2D eigenvalue weighted by Crippen LogP contribution is -2.12. The summed E-state index contributed by atoms with van der Waals surface area (Å²) in [6.45, 7) is 4.77. The number of benzene rings is 2. The van der Waals surface area contributed by atoms with Gasteiger partial charge in [-0.2, -0.15) is 0 Å².